The zero-order valence-electron chi connectivity index (χ0n) is 25.3. The summed E-state index contributed by atoms with van der Waals surface area (Å²) in [6.07, 6.45) is 8.16. The fraction of sp³-hybridized carbons (Fsp3) is 0.548. The second-order valence-corrected chi connectivity index (χ2v) is 10.1. The molecule has 1 aromatic rings. The van der Waals surface area contributed by atoms with Crippen molar-refractivity contribution in [3.05, 3.63) is 54.6 Å². The zero-order chi connectivity index (χ0) is 32.7. The summed E-state index contributed by atoms with van der Waals surface area (Å²) in [5.74, 6) is -3.85. The summed E-state index contributed by atoms with van der Waals surface area (Å²) in [4.78, 5) is 51.8. The van der Waals surface area contributed by atoms with E-state index in [1.165, 1.54) is 19.3 Å². The Bertz CT molecular complexity index is 955. The number of esters is 1. The predicted octanol–water partition coefficient (Wildman–Crippen LogP) is 5.68. The number of hydrogen-bond acceptors (Lipinski definition) is 7. The van der Waals surface area contributed by atoms with Gasteiger partial charge < -0.3 is 37.8 Å². The van der Waals surface area contributed by atoms with Crippen LogP contribution in [0.4, 0.5) is 0 Å². The van der Waals surface area contributed by atoms with Crippen LogP contribution in [0.5, 0.6) is 5.75 Å². The van der Waals surface area contributed by atoms with Crippen LogP contribution in [0, 0.1) is 12.8 Å². The molecule has 12 heteroatoms. The monoisotopic (exact) mass is 788 g/mol. The van der Waals surface area contributed by atoms with Gasteiger partial charge in [0.2, 0.25) is 0 Å². The second-order valence-electron chi connectivity index (χ2n) is 10.1. The number of benzene rings is 1. The van der Waals surface area contributed by atoms with E-state index in [0.717, 1.165) is 24.8 Å². The maximum atomic E-state index is 11.7. The van der Waals surface area contributed by atoms with Crippen LogP contribution in [0.15, 0.2) is 36.4 Å². The van der Waals surface area contributed by atoms with E-state index in [0.29, 0.717) is 42.9 Å². The number of ketones is 1. The number of nitrogens with one attached hydrogen (secondary N) is 1. The Labute approximate surface area is 269 Å². The Hall–Kier alpha value is -2.88. The van der Waals surface area contributed by atoms with Crippen LogP contribution in [0.1, 0.15) is 90.5 Å². The molecule has 1 aliphatic rings. The maximum Gasteiger partial charge on any atom is 2.00 e. The smallest absolute Gasteiger partial charge is 0.677 e. The van der Waals surface area contributed by atoms with Gasteiger partial charge in [-0.3, -0.25) is 14.4 Å². The predicted molar refractivity (Wildman–Crippen MR) is 159 cm³/mol. The standard InChI is InChI=1S/C19H24O5.C7H13N.C3H8O.C2H2O4.Pt/c1-14(2)17(20)6-4-3-5-7-19(23)24-16-11-8-15(9-12-16)10-13-18(21)22;1-6-4-2-3-5-7(6)8;1-3(2)4;3-1(4)2(5)6;/h8-9,11-12H,1,3-7,10,13H2,2H3,(H,21,22);6-8H,1-5H2;3-4H,1-2H3;(H,3,4)(H,5,6);/q;-2;;;+2. The zero-order valence-corrected chi connectivity index (χ0v) is 27.6. The fourth-order valence-corrected chi connectivity index (χ4v) is 3.31. The van der Waals surface area contributed by atoms with Crippen LogP contribution in [0.3, 0.4) is 0 Å². The summed E-state index contributed by atoms with van der Waals surface area (Å²) in [5.41, 5.74) is 8.87. The topological polar surface area (TPSA) is 199 Å². The fourth-order valence-electron chi connectivity index (χ4n) is 3.31. The number of hydrogen-bond donors (Lipinski definition) is 4. The van der Waals surface area contributed by atoms with Gasteiger partial charge in [0.15, 0.2) is 5.78 Å². The van der Waals surface area contributed by atoms with Gasteiger partial charge in [0, 0.05) is 25.4 Å². The number of unbranched alkanes of at least 4 members (excludes halogenated alkanes) is 2. The molecule has 0 radical (unpaired) electrons. The van der Waals surface area contributed by atoms with E-state index < -0.39 is 17.9 Å². The molecule has 246 valence electrons. The molecule has 2 rings (SSSR count). The summed E-state index contributed by atoms with van der Waals surface area (Å²) >= 11 is 0. The van der Waals surface area contributed by atoms with Crippen molar-refractivity contribution in [2.24, 2.45) is 5.92 Å². The Balaban J connectivity index is -0.000000682. The third-order valence-electron chi connectivity index (χ3n) is 5.64. The van der Waals surface area contributed by atoms with Crippen LogP contribution in [-0.2, 0) is 51.5 Å². The number of carboxylic acids is 3. The van der Waals surface area contributed by atoms with Crippen molar-refractivity contribution >= 4 is 29.7 Å². The quantitative estimate of drug-likeness (QED) is 0.0541. The molecule has 5 N–H and O–H groups in total. The van der Waals surface area contributed by atoms with Gasteiger partial charge in [0.25, 0.3) is 0 Å². The number of aryl methyl sites for hydroxylation is 1. The molecule has 1 aromatic carbocycles. The average Bonchev–Trinajstić information content (AvgIpc) is 2.90. The SMILES string of the molecule is C=C(C)C(=O)CCCCCC(=O)Oc1ccc(CCC(=O)O)cc1.CC(C)O.O=C(O)C(=O)O.[CH2-]C1CCCCC1[NH-].[Pt+2]. The molecule has 0 aromatic heterocycles. The summed E-state index contributed by atoms with van der Waals surface area (Å²) in [7, 11) is 0. The molecule has 0 saturated heterocycles. The van der Waals surface area contributed by atoms with Gasteiger partial charge in [0.1, 0.15) is 5.75 Å². The van der Waals surface area contributed by atoms with Crippen LogP contribution in [0.25, 0.3) is 5.73 Å². The van der Waals surface area contributed by atoms with Gasteiger partial charge in [-0.1, -0.05) is 50.8 Å². The third kappa shape index (κ3) is 29.0. The minimum absolute atomic E-state index is 0. The Kier molecular flexibility index (Phi) is 27.7. The molecule has 43 heavy (non-hydrogen) atoms. The molecule has 1 saturated carbocycles. The first-order valence-corrected chi connectivity index (χ1v) is 13.9. The average molecular weight is 789 g/mol. The van der Waals surface area contributed by atoms with Crippen LogP contribution < -0.4 is 4.74 Å². The van der Waals surface area contributed by atoms with Gasteiger partial charge in [0.05, 0.1) is 0 Å². The Morgan fingerprint density at radius 1 is 0.930 bits per heavy atom. The number of carbonyl (C=O) groups excluding carboxylic acids is 2. The van der Waals surface area contributed by atoms with Crippen LogP contribution in [0.2, 0.25) is 0 Å². The summed E-state index contributed by atoms with van der Waals surface area (Å²) < 4.78 is 5.22. The van der Waals surface area contributed by atoms with Gasteiger partial charge in [-0.05, 0) is 63.3 Å². The number of allylic oxidation sites excluding steroid dienone is 1. The third-order valence-corrected chi connectivity index (χ3v) is 5.64. The van der Waals surface area contributed by atoms with Crippen LogP contribution >= 0.6 is 0 Å². The largest absolute Gasteiger partial charge is 2.00 e. The molecular formula is C31H47NO10Pt. The molecular weight excluding hydrogens is 741 g/mol. The molecule has 0 bridgehead atoms. The molecule has 0 heterocycles. The number of Topliss-reactive ketones (excluding diaryl/α,β-unsaturated/α-hetero) is 1. The number of aliphatic hydroxyl groups is 1. The minimum Gasteiger partial charge on any atom is -0.677 e. The van der Waals surface area contributed by atoms with Gasteiger partial charge in [-0.25, -0.2) is 9.59 Å². The van der Waals surface area contributed by atoms with Crippen molar-refractivity contribution < 1.29 is 70.2 Å². The second kappa shape index (κ2) is 26.7. The number of aliphatic hydroxyl groups excluding tert-OH is 1. The van der Waals surface area contributed by atoms with Crippen molar-refractivity contribution in [2.75, 3.05) is 0 Å². The van der Waals surface area contributed by atoms with E-state index in [-0.39, 0.29) is 51.4 Å². The number of aliphatic carboxylic acids is 3. The van der Waals surface area contributed by atoms with E-state index in [1.54, 1.807) is 45.0 Å². The summed E-state index contributed by atoms with van der Waals surface area (Å²) in [6, 6.07) is 6.99. The summed E-state index contributed by atoms with van der Waals surface area (Å²) in [5, 5.41) is 31.5. The number of carboxylic acid groups (broad SMARTS) is 3. The first-order valence-electron chi connectivity index (χ1n) is 13.9. The first kappa shape index (κ1) is 44.6. The van der Waals surface area contributed by atoms with E-state index in [1.807, 2.05) is 0 Å². The minimum atomic E-state index is -1.82. The van der Waals surface area contributed by atoms with Crippen molar-refractivity contribution in [2.45, 2.75) is 104 Å². The van der Waals surface area contributed by atoms with Crippen molar-refractivity contribution in [3.8, 4) is 5.75 Å². The van der Waals surface area contributed by atoms with Gasteiger partial charge in [-0.15, -0.1) is 0 Å². The van der Waals surface area contributed by atoms with Crippen molar-refractivity contribution in [1.29, 1.82) is 0 Å². The molecule has 1 fully saturated rings. The molecule has 0 spiro atoms. The van der Waals surface area contributed by atoms with Gasteiger partial charge >= 0.3 is 44.9 Å². The summed E-state index contributed by atoms with van der Waals surface area (Å²) in [6.45, 7) is 12.6. The van der Waals surface area contributed by atoms with Gasteiger partial charge in [-0.2, -0.15) is 12.0 Å². The molecule has 0 aliphatic heterocycles. The first-order chi connectivity index (χ1) is 19.6. The molecule has 11 nitrogen and oxygen atoms in total. The molecule has 0 amide bonds. The Morgan fingerprint density at radius 2 is 1.42 bits per heavy atom. The maximum absolute atomic E-state index is 11.7. The van der Waals surface area contributed by atoms with E-state index in [9.17, 15) is 14.4 Å². The number of ether oxygens (including phenoxy) is 1. The molecule has 1 aliphatic carbocycles. The normalized spacial score (nSPS) is 15.0. The molecule has 2 atom stereocenters. The van der Waals surface area contributed by atoms with Crippen molar-refractivity contribution in [1.82, 2.24) is 0 Å². The van der Waals surface area contributed by atoms with Crippen molar-refractivity contribution in [3.63, 3.8) is 0 Å². The number of rotatable bonds is 11. The molecule has 2 unspecified atom stereocenters. The van der Waals surface area contributed by atoms with E-state index >= 15 is 0 Å². The Morgan fingerprint density at radius 3 is 1.81 bits per heavy atom. The van der Waals surface area contributed by atoms with E-state index in [2.05, 4.69) is 13.5 Å². The number of carbonyl (C=O) groups is 5. The van der Waals surface area contributed by atoms with Crippen LogP contribution in [-0.4, -0.2) is 62.2 Å². The van der Waals surface area contributed by atoms with E-state index in [4.69, 9.17) is 40.5 Å².